The molecule has 3 heteroatoms. The van der Waals surface area contributed by atoms with Gasteiger partial charge >= 0.3 is 5.97 Å². The Morgan fingerprint density at radius 2 is 1.50 bits per heavy atom. The van der Waals surface area contributed by atoms with Crippen molar-refractivity contribution in [2.75, 3.05) is 27.2 Å². The van der Waals surface area contributed by atoms with Crippen LogP contribution >= 0.6 is 0 Å². The molecule has 0 aromatic heterocycles. The van der Waals surface area contributed by atoms with Gasteiger partial charge < -0.3 is 9.64 Å². The molecule has 0 aliphatic carbocycles. The highest BCUT2D eigenvalue weighted by atomic mass is 16.5. The molecule has 3 nitrogen and oxygen atoms in total. The third kappa shape index (κ3) is 10.2. The summed E-state index contributed by atoms with van der Waals surface area (Å²) in [5, 5.41) is 2.53. The predicted molar refractivity (Wildman–Crippen MR) is 137 cm³/mol. The van der Waals surface area contributed by atoms with Gasteiger partial charge in [0.2, 0.25) is 0 Å². The van der Waals surface area contributed by atoms with Crippen molar-refractivity contribution in [2.24, 2.45) is 0 Å². The van der Waals surface area contributed by atoms with Crippen molar-refractivity contribution in [3.8, 4) is 0 Å². The third-order valence-corrected chi connectivity index (χ3v) is 6.35. The quantitative estimate of drug-likeness (QED) is 0.186. The van der Waals surface area contributed by atoms with Crippen LogP contribution in [0.15, 0.2) is 42.5 Å². The Bertz CT molecular complexity index is 765. The minimum absolute atomic E-state index is 0.0363. The zero-order valence-corrected chi connectivity index (χ0v) is 20.8. The standard InChI is InChI=1S/C29H45NO2/c1-4-5-6-7-8-9-10-11-12-22-29(31)32-24-26(19-16-23-30(2)3)28-21-15-18-25-17-13-14-20-27(25)28/h13-15,17-18,20-21,26H,4-12,16,19,22-24H2,1-3H3. The summed E-state index contributed by atoms with van der Waals surface area (Å²) in [6.07, 6.45) is 14.0. The number of rotatable bonds is 17. The Labute approximate surface area is 196 Å². The highest BCUT2D eigenvalue weighted by Gasteiger charge is 2.17. The molecule has 0 saturated heterocycles. The van der Waals surface area contributed by atoms with E-state index in [0.717, 1.165) is 32.2 Å². The first-order chi connectivity index (χ1) is 15.6. The number of hydrogen-bond donors (Lipinski definition) is 0. The van der Waals surface area contributed by atoms with E-state index in [2.05, 4.69) is 68.4 Å². The van der Waals surface area contributed by atoms with Gasteiger partial charge in [-0.1, -0.05) is 101 Å². The van der Waals surface area contributed by atoms with Crippen LogP contribution in [-0.4, -0.2) is 38.1 Å². The topological polar surface area (TPSA) is 29.5 Å². The molecule has 0 aliphatic rings. The first kappa shape index (κ1) is 26.4. The Morgan fingerprint density at radius 3 is 2.22 bits per heavy atom. The second kappa shape index (κ2) is 15.9. The van der Waals surface area contributed by atoms with E-state index in [1.807, 2.05) is 0 Å². The summed E-state index contributed by atoms with van der Waals surface area (Å²) in [6, 6.07) is 15.0. The molecule has 0 amide bonds. The fraction of sp³-hybridized carbons (Fsp3) is 0.621. The third-order valence-electron chi connectivity index (χ3n) is 6.35. The highest BCUT2D eigenvalue weighted by Crippen LogP contribution is 2.29. The lowest BCUT2D eigenvalue weighted by Gasteiger charge is -2.20. The Kier molecular flexibility index (Phi) is 13.1. The van der Waals surface area contributed by atoms with Crippen LogP contribution in [-0.2, 0) is 9.53 Å². The minimum Gasteiger partial charge on any atom is -0.465 e. The highest BCUT2D eigenvalue weighted by molar-refractivity contribution is 5.86. The molecule has 1 atom stereocenters. The summed E-state index contributed by atoms with van der Waals surface area (Å²) in [5.74, 6) is 0.207. The van der Waals surface area contributed by atoms with Gasteiger partial charge in [0, 0.05) is 12.3 Å². The van der Waals surface area contributed by atoms with Gasteiger partial charge in [-0.15, -0.1) is 0 Å². The van der Waals surface area contributed by atoms with E-state index in [-0.39, 0.29) is 11.9 Å². The van der Waals surface area contributed by atoms with Crippen LogP contribution < -0.4 is 0 Å². The maximum absolute atomic E-state index is 12.4. The van der Waals surface area contributed by atoms with Gasteiger partial charge in [0.1, 0.15) is 0 Å². The molecule has 0 radical (unpaired) electrons. The average molecular weight is 440 g/mol. The fourth-order valence-electron chi connectivity index (χ4n) is 4.43. The van der Waals surface area contributed by atoms with Gasteiger partial charge in [-0.2, -0.15) is 0 Å². The van der Waals surface area contributed by atoms with Crippen LogP contribution in [0.25, 0.3) is 10.8 Å². The molecule has 1 unspecified atom stereocenters. The predicted octanol–water partition coefficient (Wildman–Crippen LogP) is 7.73. The Hall–Kier alpha value is -1.87. The lowest BCUT2D eigenvalue weighted by atomic mass is 9.90. The second-order valence-corrected chi connectivity index (χ2v) is 9.47. The van der Waals surface area contributed by atoms with Crippen LogP contribution in [0, 0.1) is 0 Å². The van der Waals surface area contributed by atoms with Gasteiger partial charge in [0.25, 0.3) is 0 Å². The van der Waals surface area contributed by atoms with Crippen LogP contribution in [0.3, 0.4) is 0 Å². The van der Waals surface area contributed by atoms with E-state index in [1.54, 1.807) is 0 Å². The molecule has 32 heavy (non-hydrogen) atoms. The SMILES string of the molecule is CCCCCCCCCCCC(=O)OCC(CCCN(C)C)c1cccc2ccccc12. The largest absolute Gasteiger partial charge is 0.465 e. The van der Waals surface area contributed by atoms with Gasteiger partial charge in [-0.3, -0.25) is 4.79 Å². The van der Waals surface area contributed by atoms with Gasteiger partial charge in [0.15, 0.2) is 0 Å². The molecule has 0 N–H and O–H groups in total. The Balaban J connectivity index is 1.79. The van der Waals surface area contributed by atoms with E-state index < -0.39 is 0 Å². The van der Waals surface area contributed by atoms with Gasteiger partial charge in [-0.05, 0) is 56.2 Å². The van der Waals surface area contributed by atoms with Gasteiger partial charge in [0.05, 0.1) is 6.61 Å². The summed E-state index contributed by atoms with van der Waals surface area (Å²) in [5.41, 5.74) is 1.30. The summed E-state index contributed by atoms with van der Waals surface area (Å²) in [7, 11) is 4.22. The van der Waals surface area contributed by atoms with Crippen molar-refractivity contribution in [3.63, 3.8) is 0 Å². The summed E-state index contributed by atoms with van der Waals surface area (Å²) in [4.78, 5) is 14.6. The molecule has 178 valence electrons. The molecule has 0 bridgehead atoms. The fourth-order valence-corrected chi connectivity index (χ4v) is 4.43. The minimum atomic E-state index is -0.0363. The number of carbonyl (C=O) groups is 1. The number of ether oxygens (including phenoxy) is 1. The monoisotopic (exact) mass is 439 g/mol. The van der Waals surface area contributed by atoms with Crippen molar-refractivity contribution in [1.82, 2.24) is 4.90 Å². The van der Waals surface area contributed by atoms with Crippen LogP contribution in [0.4, 0.5) is 0 Å². The summed E-state index contributed by atoms with van der Waals surface area (Å²) in [6.45, 7) is 3.79. The van der Waals surface area contributed by atoms with Crippen molar-refractivity contribution >= 4 is 16.7 Å². The van der Waals surface area contributed by atoms with E-state index in [1.165, 1.54) is 61.3 Å². The number of fused-ring (bicyclic) bond motifs is 1. The van der Waals surface area contributed by atoms with Crippen molar-refractivity contribution < 1.29 is 9.53 Å². The molecular formula is C29H45NO2. The number of carbonyl (C=O) groups excluding carboxylic acids is 1. The smallest absolute Gasteiger partial charge is 0.305 e. The Morgan fingerprint density at radius 1 is 0.844 bits per heavy atom. The first-order valence-electron chi connectivity index (χ1n) is 12.9. The van der Waals surface area contributed by atoms with E-state index in [0.29, 0.717) is 13.0 Å². The van der Waals surface area contributed by atoms with Crippen LogP contribution in [0.2, 0.25) is 0 Å². The summed E-state index contributed by atoms with van der Waals surface area (Å²) < 4.78 is 5.78. The molecule has 0 fully saturated rings. The van der Waals surface area contributed by atoms with Crippen molar-refractivity contribution in [2.45, 2.75) is 89.9 Å². The zero-order valence-electron chi connectivity index (χ0n) is 20.8. The molecule has 0 heterocycles. The van der Waals surface area contributed by atoms with Crippen molar-refractivity contribution in [3.05, 3.63) is 48.0 Å². The summed E-state index contributed by atoms with van der Waals surface area (Å²) >= 11 is 0. The average Bonchev–Trinajstić information content (AvgIpc) is 2.79. The lowest BCUT2D eigenvalue weighted by molar-refractivity contribution is -0.144. The number of esters is 1. The number of hydrogen-bond acceptors (Lipinski definition) is 3. The maximum atomic E-state index is 12.4. The van der Waals surface area contributed by atoms with E-state index in [9.17, 15) is 4.79 Å². The maximum Gasteiger partial charge on any atom is 0.305 e. The lowest BCUT2D eigenvalue weighted by Crippen LogP contribution is -2.17. The molecule has 0 saturated carbocycles. The molecule has 2 aromatic carbocycles. The van der Waals surface area contributed by atoms with Crippen LogP contribution in [0.5, 0.6) is 0 Å². The van der Waals surface area contributed by atoms with E-state index in [4.69, 9.17) is 4.74 Å². The number of unbranched alkanes of at least 4 members (excludes halogenated alkanes) is 8. The molecule has 2 aromatic rings. The second-order valence-electron chi connectivity index (χ2n) is 9.47. The molecule has 0 spiro atoms. The van der Waals surface area contributed by atoms with Gasteiger partial charge in [-0.25, -0.2) is 0 Å². The number of benzene rings is 2. The normalized spacial score (nSPS) is 12.4. The van der Waals surface area contributed by atoms with Crippen molar-refractivity contribution in [1.29, 1.82) is 0 Å². The molecule has 2 rings (SSSR count). The zero-order chi connectivity index (χ0) is 23.0. The number of nitrogens with zero attached hydrogens (tertiary/aromatic N) is 1. The first-order valence-corrected chi connectivity index (χ1v) is 12.9. The molecular weight excluding hydrogens is 394 g/mol. The molecule has 0 aliphatic heterocycles. The van der Waals surface area contributed by atoms with Crippen LogP contribution in [0.1, 0.15) is 95.5 Å². The van der Waals surface area contributed by atoms with E-state index >= 15 is 0 Å².